The van der Waals surface area contributed by atoms with E-state index in [-0.39, 0.29) is 0 Å². The van der Waals surface area contributed by atoms with Crippen molar-refractivity contribution in [3.05, 3.63) is 29.8 Å². The minimum Gasteiger partial charge on any atom is -0.462 e. The maximum atomic E-state index is 5.33. The van der Waals surface area contributed by atoms with Crippen molar-refractivity contribution < 1.29 is 4.42 Å². The molecular weight excluding hydrogens is 150 g/mol. The van der Waals surface area contributed by atoms with Crippen LogP contribution in [0.15, 0.2) is 22.9 Å². The highest BCUT2D eigenvalue weighted by Gasteiger charge is 2.04. The van der Waals surface area contributed by atoms with Crippen LogP contribution in [0.1, 0.15) is 18.2 Å². The van der Waals surface area contributed by atoms with Gasteiger partial charge in [-0.25, -0.2) is 0 Å². The van der Waals surface area contributed by atoms with E-state index in [0.29, 0.717) is 0 Å². The first-order valence-electron chi connectivity index (χ1n) is 4.14. The second kappa shape index (κ2) is 2.63. The average Bonchev–Trinajstić information content (AvgIpc) is 2.54. The van der Waals surface area contributed by atoms with Crippen molar-refractivity contribution in [2.24, 2.45) is 0 Å². The molecule has 2 nitrogen and oxygen atoms in total. The standard InChI is InChI=1S/C10H11NO/c1-3-8-6-11-7(2)10-9(8)4-5-12-10/h4-6H,3H2,1-2H3. The molecule has 0 bridgehead atoms. The van der Waals surface area contributed by atoms with Crippen LogP contribution in [-0.4, -0.2) is 4.98 Å². The van der Waals surface area contributed by atoms with Crippen molar-refractivity contribution in [2.45, 2.75) is 20.3 Å². The molecule has 0 aromatic carbocycles. The Morgan fingerprint density at radius 2 is 2.33 bits per heavy atom. The number of hydrogen-bond acceptors (Lipinski definition) is 2. The van der Waals surface area contributed by atoms with Crippen molar-refractivity contribution in [1.29, 1.82) is 0 Å². The van der Waals surface area contributed by atoms with Gasteiger partial charge >= 0.3 is 0 Å². The van der Waals surface area contributed by atoms with E-state index >= 15 is 0 Å². The molecule has 0 atom stereocenters. The van der Waals surface area contributed by atoms with Crippen molar-refractivity contribution in [3.63, 3.8) is 0 Å². The molecule has 12 heavy (non-hydrogen) atoms. The number of furan rings is 1. The fourth-order valence-corrected chi connectivity index (χ4v) is 1.43. The molecule has 2 heteroatoms. The summed E-state index contributed by atoms with van der Waals surface area (Å²) < 4.78 is 5.33. The summed E-state index contributed by atoms with van der Waals surface area (Å²) >= 11 is 0. The summed E-state index contributed by atoms with van der Waals surface area (Å²) in [4.78, 5) is 4.26. The number of rotatable bonds is 1. The van der Waals surface area contributed by atoms with E-state index < -0.39 is 0 Å². The Labute approximate surface area is 71.2 Å². The van der Waals surface area contributed by atoms with Gasteiger partial charge < -0.3 is 4.42 Å². The summed E-state index contributed by atoms with van der Waals surface area (Å²) in [6, 6.07) is 2.00. The summed E-state index contributed by atoms with van der Waals surface area (Å²) in [7, 11) is 0. The minimum atomic E-state index is 0.925. The van der Waals surface area contributed by atoms with Gasteiger partial charge in [-0.1, -0.05) is 6.92 Å². The van der Waals surface area contributed by atoms with E-state index in [9.17, 15) is 0 Å². The maximum absolute atomic E-state index is 5.33. The molecule has 0 radical (unpaired) electrons. The zero-order chi connectivity index (χ0) is 8.55. The molecule has 0 unspecified atom stereocenters. The highest BCUT2D eigenvalue weighted by atomic mass is 16.3. The lowest BCUT2D eigenvalue weighted by Crippen LogP contribution is -1.86. The molecule has 2 aromatic rings. The van der Waals surface area contributed by atoms with E-state index in [4.69, 9.17) is 4.42 Å². The van der Waals surface area contributed by atoms with Crippen molar-refractivity contribution in [3.8, 4) is 0 Å². The van der Waals surface area contributed by atoms with E-state index in [1.807, 2.05) is 19.2 Å². The van der Waals surface area contributed by atoms with Crippen LogP contribution in [0.4, 0.5) is 0 Å². The maximum Gasteiger partial charge on any atom is 0.155 e. The quantitative estimate of drug-likeness (QED) is 0.642. The Kier molecular flexibility index (Phi) is 1.61. The van der Waals surface area contributed by atoms with Crippen molar-refractivity contribution in [2.75, 3.05) is 0 Å². The normalized spacial score (nSPS) is 10.8. The van der Waals surface area contributed by atoms with E-state index in [1.54, 1.807) is 6.26 Å². The average molecular weight is 161 g/mol. The lowest BCUT2D eigenvalue weighted by molar-refractivity contribution is 0.610. The lowest BCUT2D eigenvalue weighted by Gasteiger charge is -1.98. The van der Waals surface area contributed by atoms with Crippen LogP contribution in [0.25, 0.3) is 11.0 Å². The Morgan fingerprint density at radius 3 is 3.08 bits per heavy atom. The van der Waals surface area contributed by atoms with Crippen LogP contribution >= 0.6 is 0 Å². The molecule has 0 N–H and O–H groups in total. The Balaban J connectivity index is 2.82. The fraction of sp³-hybridized carbons (Fsp3) is 0.300. The summed E-state index contributed by atoms with van der Waals surface area (Å²) in [5, 5.41) is 1.20. The highest BCUT2D eigenvalue weighted by molar-refractivity contribution is 5.82. The number of pyridine rings is 1. The van der Waals surface area contributed by atoms with Gasteiger partial charge in [0.1, 0.15) is 0 Å². The third-order valence-electron chi connectivity index (χ3n) is 2.13. The molecule has 0 saturated heterocycles. The van der Waals surface area contributed by atoms with Gasteiger partial charge in [0.15, 0.2) is 5.58 Å². The molecule has 2 aromatic heterocycles. The van der Waals surface area contributed by atoms with Crippen LogP contribution in [-0.2, 0) is 6.42 Å². The van der Waals surface area contributed by atoms with Gasteiger partial charge in [0.05, 0.1) is 12.0 Å². The Morgan fingerprint density at radius 1 is 1.50 bits per heavy atom. The Hall–Kier alpha value is -1.31. The molecule has 0 aliphatic carbocycles. The van der Waals surface area contributed by atoms with Gasteiger partial charge in [0.2, 0.25) is 0 Å². The number of nitrogens with zero attached hydrogens (tertiary/aromatic N) is 1. The van der Waals surface area contributed by atoms with Crippen molar-refractivity contribution in [1.82, 2.24) is 4.98 Å². The molecule has 62 valence electrons. The summed E-state index contributed by atoms with van der Waals surface area (Å²) in [5.74, 6) is 0. The predicted octanol–water partition coefficient (Wildman–Crippen LogP) is 2.70. The third-order valence-corrected chi connectivity index (χ3v) is 2.13. The molecule has 2 heterocycles. The van der Waals surface area contributed by atoms with Gasteiger partial charge in [0, 0.05) is 11.6 Å². The second-order valence-electron chi connectivity index (χ2n) is 2.89. The van der Waals surface area contributed by atoms with Gasteiger partial charge in [0.25, 0.3) is 0 Å². The van der Waals surface area contributed by atoms with Gasteiger partial charge in [-0.05, 0) is 25.0 Å². The van der Waals surface area contributed by atoms with Crippen LogP contribution in [0, 0.1) is 6.92 Å². The van der Waals surface area contributed by atoms with Crippen LogP contribution in [0.5, 0.6) is 0 Å². The molecular formula is C10H11NO. The van der Waals surface area contributed by atoms with Gasteiger partial charge in [-0.15, -0.1) is 0 Å². The largest absolute Gasteiger partial charge is 0.462 e. The molecule has 0 spiro atoms. The van der Waals surface area contributed by atoms with Crippen LogP contribution in [0.3, 0.4) is 0 Å². The Bertz CT molecular complexity index is 403. The third kappa shape index (κ3) is 0.916. The minimum absolute atomic E-state index is 0.925. The molecule has 0 amide bonds. The first-order chi connectivity index (χ1) is 5.83. The van der Waals surface area contributed by atoms with Gasteiger partial charge in [-0.2, -0.15) is 0 Å². The molecule has 0 aliphatic heterocycles. The first-order valence-corrected chi connectivity index (χ1v) is 4.14. The van der Waals surface area contributed by atoms with Crippen LogP contribution in [0.2, 0.25) is 0 Å². The summed E-state index contributed by atoms with van der Waals surface area (Å²) in [6.07, 6.45) is 4.65. The molecule has 0 aliphatic rings. The van der Waals surface area contributed by atoms with E-state index in [2.05, 4.69) is 11.9 Å². The number of aromatic nitrogens is 1. The number of aryl methyl sites for hydroxylation is 2. The van der Waals surface area contributed by atoms with Gasteiger partial charge in [-0.3, -0.25) is 4.98 Å². The SMILES string of the molecule is CCc1cnc(C)c2occc12. The second-order valence-corrected chi connectivity index (χ2v) is 2.89. The smallest absolute Gasteiger partial charge is 0.155 e. The molecule has 0 saturated carbocycles. The zero-order valence-corrected chi connectivity index (χ0v) is 7.29. The fourth-order valence-electron chi connectivity index (χ4n) is 1.43. The predicted molar refractivity (Wildman–Crippen MR) is 48.1 cm³/mol. The van der Waals surface area contributed by atoms with Crippen molar-refractivity contribution >= 4 is 11.0 Å². The topological polar surface area (TPSA) is 26.0 Å². The van der Waals surface area contributed by atoms with E-state index in [0.717, 1.165) is 17.7 Å². The monoisotopic (exact) mass is 161 g/mol. The zero-order valence-electron chi connectivity index (χ0n) is 7.29. The molecule has 2 rings (SSSR count). The lowest BCUT2D eigenvalue weighted by atomic mass is 10.1. The highest BCUT2D eigenvalue weighted by Crippen LogP contribution is 2.21. The summed E-state index contributed by atoms with van der Waals surface area (Å²) in [5.41, 5.74) is 3.14. The van der Waals surface area contributed by atoms with Crippen LogP contribution < -0.4 is 0 Å². The number of hydrogen-bond donors (Lipinski definition) is 0. The first kappa shape index (κ1) is 7.35. The number of fused-ring (bicyclic) bond motifs is 1. The molecule has 0 fully saturated rings. The van der Waals surface area contributed by atoms with E-state index in [1.165, 1.54) is 10.9 Å². The summed E-state index contributed by atoms with van der Waals surface area (Å²) in [6.45, 7) is 4.09.